The summed E-state index contributed by atoms with van der Waals surface area (Å²) in [5.74, 6) is 0.120. The van der Waals surface area contributed by atoms with Crippen molar-refractivity contribution in [3.8, 4) is 17.1 Å². The highest BCUT2D eigenvalue weighted by Gasteiger charge is 2.11. The first-order valence-electron chi connectivity index (χ1n) is 7.85. The van der Waals surface area contributed by atoms with Crippen molar-refractivity contribution in [1.29, 1.82) is 0 Å². The van der Waals surface area contributed by atoms with E-state index in [1.54, 1.807) is 23.5 Å². The Hall–Kier alpha value is -2.80. The highest BCUT2D eigenvalue weighted by molar-refractivity contribution is 7.12. The molecule has 2 heterocycles. The first-order chi connectivity index (χ1) is 12.2. The number of hydrogen-bond donors (Lipinski definition) is 1. The van der Waals surface area contributed by atoms with Crippen molar-refractivity contribution >= 4 is 17.2 Å². The van der Waals surface area contributed by atoms with Crippen molar-refractivity contribution < 1.29 is 9.53 Å². The van der Waals surface area contributed by atoms with Crippen LogP contribution in [-0.2, 0) is 6.42 Å². The summed E-state index contributed by atoms with van der Waals surface area (Å²) in [4.78, 5) is 17.9. The first-order valence-corrected chi connectivity index (χ1v) is 8.66. The lowest BCUT2D eigenvalue weighted by atomic mass is 10.1. The van der Waals surface area contributed by atoms with Gasteiger partial charge in [0, 0.05) is 29.5 Å². The third-order valence-corrected chi connectivity index (χ3v) is 4.62. The molecule has 128 valence electrons. The molecule has 3 aromatic rings. The number of aryl methyl sites for hydroxylation is 1. The lowest BCUT2D eigenvalue weighted by Gasteiger charge is -2.03. The summed E-state index contributed by atoms with van der Waals surface area (Å²) in [5, 5.41) is 11.5. The van der Waals surface area contributed by atoms with Gasteiger partial charge in [-0.1, -0.05) is 30.3 Å². The number of ether oxygens (including phenoxy) is 1. The zero-order valence-electron chi connectivity index (χ0n) is 14.0. The maximum absolute atomic E-state index is 12.1. The second-order valence-electron chi connectivity index (χ2n) is 5.35. The molecule has 1 N–H and O–H groups in total. The molecule has 2 aromatic heterocycles. The molecule has 1 aromatic carbocycles. The third-order valence-electron chi connectivity index (χ3n) is 3.59. The molecule has 3 rings (SSSR count). The number of aromatic nitrogens is 3. The van der Waals surface area contributed by atoms with E-state index >= 15 is 0 Å². The van der Waals surface area contributed by atoms with Crippen LogP contribution in [0.4, 0.5) is 0 Å². The van der Waals surface area contributed by atoms with Gasteiger partial charge in [-0.15, -0.1) is 21.5 Å². The van der Waals surface area contributed by atoms with Crippen molar-refractivity contribution in [3.63, 3.8) is 0 Å². The number of benzene rings is 1. The van der Waals surface area contributed by atoms with Gasteiger partial charge in [0.25, 0.3) is 5.91 Å². The van der Waals surface area contributed by atoms with Crippen LogP contribution in [0.1, 0.15) is 20.4 Å². The van der Waals surface area contributed by atoms with Crippen molar-refractivity contribution in [2.24, 2.45) is 0 Å². The molecular weight excluding hydrogens is 336 g/mol. The second-order valence-corrected chi connectivity index (χ2v) is 6.63. The van der Waals surface area contributed by atoms with Gasteiger partial charge >= 0.3 is 0 Å². The molecular formula is C18H18N4O2S. The van der Waals surface area contributed by atoms with Crippen molar-refractivity contribution in [3.05, 3.63) is 58.0 Å². The van der Waals surface area contributed by atoms with E-state index in [4.69, 9.17) is 9.72 Å². The van der Waals surface area contributed by atoms with Gasteiger partial charge in [0.2, 0.25) is 5.88 Å². The SMILES string of the molecule is COc1ccc(C(=O)NCCc2nc(-c3ccccc3)c(C)s2)nn1. The van der Waals surface area contributed by atoms with E-state index in [1.807, 2.05) is 18.2 Å². The number of amides is 1. The van der Waals surface area contributed by atoms with Crippen molar-refractivity contribution in [1.82, 2.24) is 20.5 Å². The van der Waals surface area contributed by atoms with Crippen LogP contribution in [0.5, 0.6) is 5.88 Å². The Morgan fingerprint density at radius 1 is 1.16 bits per heavy atom. The topological polar surface area (TPSA) is 77.0 Å². The molecule has 6 nitrogen and oxygen atoms in total. The monoisotopic (exact) mass is 354 g/mol. The number of rotatable bonds is 6. The predicted octanol–water partition coefficient (Wildman–Crippen LogP) is 2.89. The lowest BCUT2D eigenvalue weighted by molar-refractivity contribution is 0.0948. The molecule has 0 saturated carbocycles. The Kier molecular flexibility index (Phi) is 5.35. The van der Waals surface area contributed by atoms with Crippen molar-refractivity contribution in [2.45, 2.75) is 13.3 Å². The van der Waals surface area contributed by atoms with Gasteiger partial charge in [-0.25, -0.2) is 4.98 Å². The largest absolute Gasteiger partial charge is 0.480 e. The van der Waals surface area contributed by atoms with Crippen LogP contribution in [0.25, 0.3) is 11.3 Å². The lowest BCUT2D eigenvalue weighted by Crippen LogP contribution is -2.26. The summed E-state index contributed by atoms with van der Waals surface area (Å²) in [7, 11) is 1.50. The van der Waals surface area contributed by atoms with Gasteiger partial charge < -0.3 is 10.1 Å². The minimum atomic E-state index is -0.258. The molecule has 0 unspecified atom stereocenters. The second kappa shape index (κ2) is 7.85. The first kappa shape index (κ1) is 17.0. The number of nitrogens with one attached hydrogen (secondary N) is 1. The number of hydrogen-bond acceptors (Lipinski definition) is 6. The molecule has 1 amide bonds. The van der Waals surface area contributed by atoms with Crippen LogP contribution in [0.3, 0.4) is 0 Å². The molecule has 0 atom stereocenters. The maximum atomic E-state index is 12.1. The van der Waals surface area contributed by atoms with Gasteiger partial charge in [-0.3, -0.25) is 4.79 Å². The van der Waals surface area contributed by atoms with Crippen LogP contribution in [0.15, 0.2) is 42.5 Å². The van der Waals surface area contributed by atoms with E-state index in [1.165, 1.54) is 12.0 Å². The third kappa shape index (κ3) is 4.19. The standard InChI is InChI=1S/C18H18N4O2S/c1-12-17(13-6-4-3-5-7-13)20-16(25-12)10-11-19-18(23)14-8-9-15(24-2)22-21-14/h3-9H,10-11H2,1-2H3,(H,19,23). The molecule has 0 aliphatic carbocycles. The van der Waals surface area contributed by atoms with Gasteiger partial charge in [0.1, 0.15) is 0 Å². The van der Waals surface area contributed by atoms with E-state index in [0.717, 1.165) is 16.3 Å². The summed E-state index contributed by atoms with van der Waals surface area (Å²) >= 11 is 1.65. The molecule has 0 aliphatic rings. The smallest absolute Gasteiger partial charge is 0.271 e. The quantitative estimate of drug-likeness (QED) is 0.736. The number of nitrogens with zero attached hydrogens (tertiary/aromatic N) is 3. The summed E-state index contributed by atoms with van der Waals surface area (Å²) in [6.45, 7) is 2.56. The Balaban J connectivity index is 1.58. The van der Waals surface area contributed by atoms with Crippen LogP contribution in [0, 0.1) is 6.92 Å². The fraction of sp³-hybridized carbons (Fsp3) is 0.222. The van der Waals surface area contributed by atoms with E-state index in [2.05, 4.69) is 34.6 Å². The van der Waals surface area contributed by atoms with Crippen LogP contribution >= 0.6 is 11.3 Å². The van der Waals surface area contributed by atoms with Crippen molar-refractivity contribution in [2.75, 3.05) is 13.7 Å². The number of thiazole rings is 1. The molecule has 0 saturated heterocycles. The molecule has 0 bridgehead atoms. The minimum Gasteiger partial charge on any atom is -0.480 e. The Bertz CT molecular complexity index is 847. The van der Waals surface area contributed by atoms with E-state index in [9.17, 15) is 4.79 Å². The maximum Gasteiger partial charge on any atom is 0.271 e. The number of carbonyl (C=O) groups excluding carboxylic acids is 1. The molecule has 7 heteroatoms. The van der Waals surface area contributed by atoms with Crippen LogP contribution in [-0.4, -0.2) is 34.7 Å². The molecule has 0 fully saturated rings. The minimum absolute atomic E-state index is 0.258. The average molecular weight is 354 g/mol. The Morgan fingerprint density at radius 2 is 1.96 bits per heavy atom. The zero-order chi connectivity index (χ0) is 17.6. The molecule has 25 heavy (non-hydrogen) atoms. The fourth-order valence-electron chi connectivity index (χ4n) is 2.35. The van der Waals surface area contributed by atoms with E-state index in [-0.39, 0.29) is 11.6 Å². The highest BCUT2D eigenvalue weighted by atomic mass is 32.1. The summed E-state index contributed by atoms with van der Waals surface area (Å²) in [5.41, 5.74) is 2.38. The summed E-state index contributed by atoms with van der Waals surface area (Å²) < 4.78 is 4.93. The van der Waals surface area contributed by atoms with Gasteiger partial charge in [0.05, 0.1) is 17.8 Å². The van der Waals surface area contributed by atoms with Crippen LogP contribution in [0.2, 0.25) is 0 Å². The van der Waals surface area contributed by atoms with Gasteiger partial charge in [-0.2, -0.15) is 0 Å². The van der Waals surface area contributed by atoms with E-state index in [0.29, 0.717) is 18.8 Å². The summed E-state index contributed by atoms with van der Waals surface area (Å²) in [6, 6.07) is 13.3. The predicted molar refractivity (Wildman–Crippen MR) is 96.9 cm³/mol. The van der Waals surface area contributed by atoms with Crippen LogP contribution < -0.4 is 10.1 Å². The Morgan fingerprint density at radius 3 is 2.64 bits per heavy atom. The fourth-order valence-corrected chi connectivity index (χ4v) is 3.30. The number of methoxy groups -OCH3 is 1. The average Bonchev–Trinajstić information content (AvgIpc) is 3.03. The molecule has 0 aliphatic heterocycles. The highest BCUT2D eigenvalue weighted by Crippen LogP contribution is 2.27. The van der Waals surface area contributed by atoms with Gasteiger partial charge in [-0.05, 0) is 13.0 Å². The molecule has 0 spiro atoms. The normalized spacial score (nSPS) is 10.5. The number of carbonyl (C=O) groups is 1. The molecule has 0 radical (unpaired) electrons. The van der Waals surface area contributed by atoms with E-state index < -0.39 is 0 Å². The van der Waals surface area contributed by atoms with Gasteiger partial charge in [0.15, 0.2) is 5.69 Å². The zero-order valence-corrected chi connectivity index (χ0v) is 14.8. The Labute approximate surface area is 149 Å². The summed E-state index contributed by atoms with van der Waals surface area (Å²) in [6.07, 6.45) is 0.674.